The SMILES string of the molecule is Cc1ccc(CNc2cc3[nH]ncc3cc2N)s1. The minimum atomic E-state index is 0.747. The van der Waals surface area contributed by atoms with Gasteiger partial charge in [-0.2, -0.15) is 5.10 Å². The van der Waals surface area contributed by atoms with E-state index in [4.69, 9.17) is 5.73 Å². The van der Waals surface area contributed by atoms with Gasteiger partial charge in [0.2, 0.25) is 0 Å². The van der Waals surface area contributed by atoms with Gasteiger partial charge in [-0.3, -0.25) is 5.10 Å². The smallest absolute Gasteiger partial charge is 0.0672 e. The van der Waals surface area contributed by atoms with Crippen LogP contribution in [0.2, 0.25) is 0 Å². The average Bonchev–Trinajstić information content (AvgIpc) is 2.94. The number of thiophene rings is 1. The minimum Gasteiger partial charge on any atom is -0.397 e. The van der Waals surface area contributed by atoms with E-state index in [0.29, 0.717) is 0 Å². The standard InChI is InChI=1S/C13H14N4S/c1-8-2-3-10(18-8)7-15-13-5-12-9(4-11(13)14)6-16-17-12/h2-6,15H,7,14H2,1H3,(H,16,17). The van der Waals surface area contributed by atoms with Gasteiger partial charge in [-0.05, 0) is 31.2 Å². The molecule has 4 N–H and O–H groups in total. The Kier molecular flexibility index (Phi) is 2.68. The lowest BCUT2D eigenvalue weighted by molar-refractivity contribution is 1.12. The second-order valence-electron chi connectivity index (χ2n) is 4.26. The number of fused-ring (bicyclic) bond motifs is 1. The summed E-state index contributed by atoms with van der Waals surface area (Å²) in [5.41, 5.74) is 8.70. The molecule has 3 aromatic rings. The lowest BCUT2D eigenvalue weighted by Gasteiger charge is -2.08. The summed E-state index contributed by atoms with van der Waals surface area (Å²) in [5, 5.41) is 11.3. The molecular weight excluding hydrogens is 244 g/mol. The third kappa shape index (κ3) is 2.04. The predicted molar refractivity (Wildman–Crippen MR) is 76.9 cm³/mol. The van der Waals surface area contributed by atoms with Gasteiger partial charge in [0.15, 0.2) is 0 Å². The Hall–Kier alpha value is -2.01. The summed E-state index contributed by atoms with van der Waals surface area (Å²) in [5.74, 6) is 0. The van der Waals surface area contributed by atoms with Crippen molar-refractivity contribution in [1.82, 2.24) is 10.2 Å². The van der Waals surface area contributed by atoms with Crippen LogP contribution < -0.4 is 11.1 Å². The first-order valence-corrected chi connectivity index (χ1v) is 6.56. The molecule has 0 saturated carbocycles. The first-order chi connectivity index (χ1) is 8.72. The number of nitrogens with two attached hydrogens (primary N) is 1. The number of aromatic nitrogens is 2. The number of nitrogen functional groups attached to an aromatic ring is 1. The monoisotopic (exact) mass is 258 g/mol. The number of aromatic amines is 1. The lowest BCUT2D eigenvalue weighted by Crippen LogP contribution is -2.01. The quantitative estimate of drug-likeness (QED) is 0.632. The molecule has 0 aliphatic carbocycles. The number of aryl methyl sites for hydroxylation is 1. The summed E-state index contributed by atoms with van der Waals surface area (Å²) in [6.45, 7) is 2.90. The zero-order valence-electron chi connectivity index (χ0n) is 10.0. The van der Waals surface area contributed by atoms with Gasteiger partial charge in [-0.25, -0.2) is 0 Å². The topological polar surface area (TPSA) is 66.7 Å². The third-order valence-corrected chi connectivity index (χ3v) is 3.86. The summed E-state index contributed by atoms with van der Waals surface area (Å²) < 4.78 is 0. The van der Waals surface area contributed by atoms with E-state index in [9.17, 15) is 0 Å². The van der Waals surface area contributed by atoms with Gasteiger partial charge in [0, 0.05) is 21.7 Å². The molecule has 4 nitrogen and oxygen atoms in total. The average molecular weight is 258 g/mol. The zero-order valence-corrected chi connectivity index (χ0v) is 10.8. The van der Waals surface area contributed by atoms with E-state index < -0.39 is 0 Å². The highest BCUT2D eigenvalue weighted by atomic mass is 32.1. The molecule has 0 atom stereocenters. The second kappa shape index (κ2) is 4.34. The molecule has 2 heterocycles. The highest BCUT2D eigenvalue weighted by Crippen LogP contribution is 2.26. The molecule has 92 valence electrons. The van der Waals surface area contributed by atoms with E-state index in [1.54, 1.807) is 17.5 Å². The van der Waals surface area contributed by atoms with Crippen molar-refractivity contribution in [2.45, 2.75) is 13.5 Å². The fourth-order valence-electron chi connectivity index (χ4n) is 1.92. The van der Waals surface area contributed by atoms with Crippen LogP contribution in [0.4, 0.5) is 11.4 Å². The van der Waals surface area contributed by atoms with Crippen molar-refractivity contribution < 1.29 is 0 Å². The van der Waals surface area contributed by atoms with Crippen LogP contribution in [0.1, 0.15) is 9.75 Å². The van der Waals surface area contributed by atoms with Crippen molar-refractivity contribution in [3.05, 3.63) is 40.2 Å². The van der Waals surface area contributed by atoms with Gasteiger partial charge >= 0.3 is 0 Å². The third-order valence-electron chi connectivity index (χ3n) is 2.86. The van der Waals surface area contributed by atoms with E-state index in [-0.39, 0.29) is 0 Å². The van der Waals surface area contributed by atoms with E-state index in [1.807, 2.05) is 12.1 Å². The van der Waals surface area contributed by atoms with Crippen molar-refractivity contribution in [3.63, 3.8) is 0 Å². The molecule has 3 rings (SSSR count). The van der Waals surface area contributed by atoms with Crippen LogP contribution >= 0.6 is 11.3 Å². The van der Waals surface area contributed by atoms with Crippen LogP contribution in [0.5, 0.6) is 0 Å². The highest BCUT2D eigenvalue weighted by Gasteiger charge is 2.04. The van der Waals surface area contributed by atoms with Gasteiger partial charge < -0.3 is 11.1 Å². The maximum absolute atomic E-state index is 6.01. The van der Waals surface area contributed by atoms with Gasteiger partial charge in [-0.15, -0.1) is 11.3 Å². The Morgan fingerprint density at radius 1 is 1.39 bits per heavy atom. The molecule has 18 heavy (non-hydrogen) atoms. The van der Waals surface area contributed by atoms with Gasteiger partial charge in [0.25, 0.3) is 0 Å². The van der Waals surface area contributed by atoms with E-state index in [2.05, 4.69) is 34.6 Å². The van der Waals surface area contributed by atoms with Crippen molar-refractivity contribution in [2.75, 3.05) is 11.1 Å². The molecule has 5 heteroatoms. The summed E-state index contributed by atoms with van der Waals surface area (Å²) in [6.07, 6.45) is 1.78. The van der Waals surface area contributed by atoms with Crippen LogP contribution in [-0.2, 0) is 6.54 Å². The van der Waals surface area contributed by atoms with Crippen LogP contribution in [0, 0.1) is 6.92 Å². The Morgan fingerprint density at radius 2 is 2.28 bits per heavy atom. The molecule has 0 aliphatic heterocycles. The van der Waals surface area contributed by atoms with E-state index >= 15 is 0 Å². The summed E-state index contributed by atoms with van der Waals surface area (Å²) in [6, 6.07) is 8.19. The molecule has 0 saturated heterocycles. The van der Waals surface area contributed by atoms with E-state index in [1.165, 1.54) is 9.75 Å². The normalized spacial score (nSPS) is 10.9. The lowest BCUT2D eigenvalue weighted by atomic mass is 10.2. The molecule has 0 spiro atoms. The summed E-state index contributed by atoms with van der Waals surface area (Å²) >= 11 is 1.79. The zero-order chi connectivity index (χ0) is 12.5. The molecule has 2 aromatic heterocycles. The van der Waals surface area contributed by atoms with Crippen LogP contribution in [0.25, 0.3) is 10.9 Å². The molecule has 0 aliphatic rings. The number of nitrogens with zero attached hydrogens (tertiary/aromatic N) is 1. The Balaban J connectivity index is 1.83. The van der Waals surface area contributed by atoms with Gasteiger partial charge in [0.1, 0.15) is 0 Å². The number of hydrogen-bond acceptors (Lipinski definition) is 4. The largest absolute Gasteiger partial charge is 0.397 e. The second-order valence-corrected chi connectivity index (χ2v) is 5.64. The van der Waals surface area contributed by atoms with Gasteiger partial charge in [-0.1, -0.05) is 0 Å². The molecule has 0 radical (unpaired) electrons. The number of benzene rings is 1. The van der Waals surface area contributed by atoms with Crippen molar-refractivity contribution >= 4 is 33.6 Å². The summed E-state index contributed by atoms with van der Waals surface area (Å²) in [4.78, 5) is 2.63. The maximum Gasteiger partial charge on any atom is 0.0672 e. The van der Waals surface area contributed by atoms with Crippen LogP contribution in [0.3, 0.4) is 0 Å². The number of rotatable bonds is 3. The molecule has 0 unspecified atom stereocenters. The molecule has 0 bridgehead atoms. The van der Waals surface area contributed by atoms with Crippen molar-refractivity contribution in [3.8, 4) is 0 Å². The minimum absolute atomic E-state index is 0.747. The Bertz CT molecular complexity index is 683. The highest BCUT2D eigenvalue weighted by molar-refractivity contribution is 7.11. The first kappa shape index (κ1) is 11.1. The molecule has 0 fully saturated rings. The Labute approximate surface area is 109 Å². The molecule has 1 aromatic carbocycles. The first-order valence-electron chi connectivity index (χ1n) is 5.74. The molecular formula is C13H14N4S. The number of hydrogen-bond donors (Lipinski definition) is 3. The summed E-state index contributed by atoms with van der Waals surface area (Å²) in [7, 11) is 0. The van der Waals surface area contributed by atoms with Crippen LogP contribution in [-0.4, -0.2) is 10.2 Å². The van der Waals surface area contributed by atoms with E-state index in [0.717, 1.165) is 28.8 Å². The number of anilines is 2. The van der Waals surface area contributed by atoms with Crippen LogP contribution in [0.15, 0.2) is 30.5 Å². The maximum atomic E-state index is 6.01. The predicted octanol–water partition coefficient (Wildman–Crippen LogP) is 3.13. The molecule has 0 amide bonds. The fraction of sp³-hybridized carbons (Fsp3) is 0.154. The van der Waals surface area contributed by atoms with Crippen molar-refractivity contribution in [1.29, 1.82) is 0 Å². The van der Waals surface area contributed by atoms with Gasteiger partial charge in [0.05, 0.1) is 23.1 Å². The Morgan fingerprint density at radius 3 is 3.06 bits per heavy atom. The fourth-order valence-corrected chi connectivity index (χ4v) is 2.75. The number of H-pyrrole nitrogens is 1. The van der Waals surface area contributed by atoms with Crippen molar-refractivity contribution in [2.24, 2.45) is 0 Å². The number of nitrogens with one attached hydrogen (secondary N) is 2.